The maximum absolute atomic E-state index is 6.42. The highest BCUT2D eigenvalue weighted by atomic mass is 15.2. The number of rotatable bonds is 5. The number of pyridine rings is 1. The summed E-state index contributed by atoms with van der Waals surface area (Å²) in [5.41, 5.74) is 17.6. The van der Waals surface area contributed by atoms with E-state index < -0.39 is 0 Å². The number of hydrogen-bond acceptors (Lipinski definition) is 5. The fourth-order valence-corrected chi connectivity index (χ4v) is 3.76. The molecule has 1 saturated heterocycles. The van der Waals surface area contributed by atoms with Crippen LogP contribution in [0.2, 0.25) is 0 Å². The van der Waals surface area contributed by atoms with E-state index in [1.165, 1.54) is 5.69 Å². The molecule has 0 aliphatic carbocycles. The number of nitrogens with one attached hydrogen (secondary N) is 1. The third-order valence-electron chi connectivity index (χ3n) is 5.27. The highest BCUT2D eigenvalue weighted by Crippen LogP contribution is 2.30. The van der Waals surface area contributed by atoms with Gasteiger partial charge in [-0.15, -0.1) is 0 Å². The standard InChI is InChI=1S/C22H27N5/c23-10-9-20(24)19-15-22(26-21-4-2-1-3-18(19)21)16-5-7-17(8-6-16)27-13-11-25-12-14-27/h1-8,15,20,25H,9-14,23-24H2. The van der Waals surface area contributed by atoms with Gasteiger partial charge in [-0.1, -0.05) is 30.3 Å². The summed E-state index contributed by atoms with van der Waals surface area (Å²) in [5.74, 6) is 0. The predicted molar refractivity (Wildman–Crippen MR) is 113 cm³/mol. The lowest BCUT2D eigenvalue weighted by atomic mass is 9.97. The van der Waals surface area contributed by atoms with E-state index in [4.69, 9.17) is 16.5 Å². The number of piperazine rings is 1. The third-order valence-corrected chi connectivity index (χ3v) is 5.27. The molecule has 1 aliphatic heterocycles. The van der Waals surface area contributed by atoms with Gasteiger partial charge >= 0.3 is 0 Å². The Morgan fingerprint density at radius 2 is 1.78 bits per heavy atom. The highest BCUT2D eigenvalue weighted by molar-refractivity contribution is 5.85. The molecule has 140 valence electrons. The maximum atomic E-state index is 6.42. The van der Waals surface area contributed by atoms with Crippen LogP contribution in [-0.2, 0) is 0 Å². The first-order valence-electron chi connectivity index (χ1n) is 9.67. The van der Waals surface area contributed by atoms with Crippen LogP contribution in [0, 0.1) is 0 Å². The lowest BCUT2D eigenvalue weighted by molar-refractivity contribution is 0.589. The van der Waals surface area contributed by atoms with Crippen molar-refractivity contribution in [3.05, 3.63) is 60.2 Å². The van der Waals surface area contributed by atoms with Crippen molar-refractivity contribution in [1.29, 1.82) is 0 Å². The molecule has 0 bridgehead atoms. The van der Waals surface area contributed by atoms with Gasteiger partial charge in [0, 0.05) is 48.9 Å². The second-order valence-corrected chi connectivity index (χ2v) is 7.08. The first-order valence-corrected chi connectivity index (χ1v) is 9.67. The van der Waals surface area contributed by atoms with Crippen LogP contribution in [-0.4, -0.2) is 37.7 Å². The van der Waals surface area contributed by atoms with Crippen LogP contribution in [0.1, 0.15) is 18.0 Å². The van der Waals surface area contributed by atoms with Gasteiger partial charge in [-0.2, -0.15) is 0 Å². The Morgan fingerprint density at radius 1 is 1.04 bits per heavy atom. The average Bonchev–Trinajstić information content (AvgIpc) is 2.74. The van der Waals surface area contributed by atoms with E-state index in [1.807, 2.05) is 18.2 Å². The van der Waals surface area contributed by atoms with Crippen molar-refractivity contribution in [3.63, 3.8) is 0 Å². The summed E-state index contributed by atoms with van der Waals surface area (Å²) in [6, 6.07) is 18.9. The molecule has 4 rings (SSSR count). The van der Waals surface area contributed by atoms with E-state index in [1.54, 1.807) is 0 Å². The van der Waals surface area contributed by atoms with Crippen LogP contribution in [0.15, 0.2) is 54.6 Å². The second-order valence-electron chi connectivity index (χ2n) is 7.08. The number of fused-ring (bicyclic) bond motifs is 1. The Morgan fingerprint density at radius 3 is 2.52 bits per heavy atom. The van der Waals surface area contributed by atoms with Crippen molar-refractivity contribution in [2.75, 3.05) is 37.6 Å². The quantitative estimate of drug-likeness (QED) is 0.651. The van der Waals surface area contributed by atoms with Crippen LogP contribution in [0.4, 0.5) is 5.69 Å². The molecule has 0 spiro atoms. The minimum Gasteiger partial charge on any atom is -0.369 e. The third kappa shape index (κ3) is 3.81. The van der Waals surface area contributed by atoms with Gasteiger partial charge in [-0.05, 0) is 42.8 Å². The molecule has 1 unspecified atom stereocenters. The molecular formula is C22H27N5. The van der Waals surface area contributed by atoms with Gasteiger partial charge in [-0.25, -0.2) is 4.98 Å². The SMILES string of the molecule is NCCC(N)c1cc(-c2ccc(N3CCNCC3)cc2)nc2ccccc12. The van der Waals surface area contributed by atoms with Crippen LogP contribution in [0.5, 0.6) is 0 Å². The Kier molecular flexibility index (Phi) is 5.34. The zero-order chi connectivity index (χ0) is 18.6. The normalized spacial score (nSPS) is 15.9. The molecule has 1 fully saturated rings. The number of aromatic nitrogens is 1. The topological polar surface area (TPSA) is 80.2 Å². The van der Waals surface area contributed by atoms with Crippen LogP contribution < -0.4 is 21.7 Å². The van der Waals surface area contributed by atoms with Gasteiger partial charge in [-0.3, -0.25) is 0 Å². The number of nitrogens with zero attached hydrogens (tertiary/aromatic N) is 2. The summed E-state index contributed by atoms with van der Waals surface area (Å²) in [4.78, 5) is 7.29. The van der Waals surface area contributed by atoms with Gasteiger partial charge in [0.25, 0.3) is 0 Å². The zero-order valence-corrected chi connectivity index (χ0v) is 15.6. The monoisotopic (exact) mass is 361 g/mol. The van der Waals surface area contributed by atoms with Crippen molar-refractivity contribution in [2.24, 2.45) is 11.5 Å². The van der Waals surface area contributed by atoms with Crippen LogP contribution >= 0.6 is 0 Å². The van der Waals surface area contributed by atoms with Gasteiger partial charge in [0.15, 0.2) is 0 Å². The first kappa shape index (κ1) is 17.9. The molecule has 0 amide bonds. The smallest absolute Gasteiger partial charge is 0.0713 e. The minimum absolute atomic E-state index is 0.0817. The Hall–Kier alpha value is -2.47. The van der Waals surface area contributed by atoms with Crippen molar-refractivity contribution >= 4 is 16.6 Å². The van der Waals surface area contributed by atoms with E-state index >= 15 is 0 Å². The fourth-order valence-electron chi connectivity index (χ4n) is 3.76. The molecule has 2 aromatic carbocycles. The van der Waals surface area contributed by atoms with Gasteiger partial charge < -0.3 is 21.7 Å². The number of nitrogens with two attached hydrogens (primary N) is 2. The van der Waals surface area contributed by atoms with E-state index in [0.717, 1.165) is 60.3 Å². The fraction of sp³-hybridized carbons (Fsp3) is 0.318. The predicted octanol–water partition coefficient (Wildman–Crippen LogP) is 2.66. The number of anilines is 1. The molecule has 5 N–H and O–H groups in total. The van der Waals surface area contributed by atoms with Crippen molar-refractivity contribution in [2.45, 2.75) is 12.5 Å². The highest BCUT2D eigenvalue weighted by Gasteiger charge is 2.14. The van der Waals surface area contributed by atoms with E-state index in [0.29, 0.717) is 6.54 Å². The second kappa shape index (κ2) is 8.05. The largest absolute Gasteiger partial charge is 0.369 e. The molecule has 1 aromatic heterocycles. The molecule has 5 nitrogen and oxygen atoms in total. The molecule has 1 atom stereocenters. The van der Waals surface area contributed by atoms with E-state index in [2.05, 4.69) is 46.6 Å². The number of benzene rings is 2. The average molecular weight is 361 g/mol. The molecule has 0 saturated carbocycles. The molecule has 3 aromatic rings. The van der Waals surface area contributed by atoms with Crippen molar-refractivity contribution in [1.82, 2.24) is 10.3 Å². The van der Waals surface area contributed by atoms with Gasteiger partial charge in [0.05, 0.1) is 11.2 Å². The molecular weight excluding hydrogens is 334 g/mol. The molecule has 0 radical (unpaired) electrons. The van der Waals surface area contributed by atoms with Crippen LogP contribution in [0.25, 0.3) is 22.2 Å². The molecule has 1 aliphatic rings. The summed E-state index contributed by atoms with van der Waals surface area (Å²) in [7, 11) is 0. The summed E-state index contributed by atoms with van der Waals surface area (Å²) in [6.45, 7) is 4.75. The molecule has 5 heteroatoms. The Balaban J connectivity index is 1.70. The first-order chi connectivity index (χ1) is 13.3. The van der Waals surface area contributed by atoms with Crippen LogP contribution in [0.3, 0.4) is 0 Å². The summed E-state index contributed by atoms with van der Waals surface area (Å²) >= 11 is 0. The Bertz CT molecular complexity index is 900. The molecule has 2 heterocycles. The summed E-state index contributed by atoms with van der Waals surface area (Å²) in [5, 5.41) is 4.50. The van der Waals surface area contributed by atoms with E-state index in [9.17, 15) is 0 Å². The maximum Gasteiger partial charge on any atom is 0.0713 e. The summed E-state index contributed by atoms with van der Waals surface area (Å²) in [6.07, 6.45) is 0.759. The molecule has 27 heavy (non-hydrogen) atoms. The number of hydrogen-bond donors (Lipinski definition) is 3. The van der Waals surface area contributed by atoms with Gasteiger partial charge in [0.2, 0.25) is 0 Å². The minimum atomic E-state index is -0.0817. The van der Waals surface area contributed by atoms with Gasteiger partial charge in [0.1, 0.15) is 0 Å². The number of para-hydroxylation sites is 1. The van der Waals surface area contributed by atoms with Crippen molar-refractivity contribution < 1.29 is 0 Å². The summed E-state index contributed by atoms with van der Waals surface area (Å²) < 4.78 is 0. The lowest BCUT2D eigenvalue weighted by Gasteiger charge is -2.29. The van der Waals surface area contributed by atoms with E-state index in [-0.39, 0.29) is 6.04 Å². The Labute approximate surface area is 160 Å². The lowest BCUT2D eigenvalue weighted by Crippen LogP contribution is -2.43. The van der Waals surface area contributed by atoms with Crippen molar-refractivity contribution in [3.8, 4) is 11.3 Å². The zero-order valence-electron chi connectivity index (χ0n) is 15.6.